The Kier molecular flexibility index (Phi) is 5.92. The summed E-state index contributed by atoms with van der Waals surface area (Å²) in [5.41, 5.74) is 3.72. The Bertz CT molecular complexity index is 651. The van der Waals surface area contributed by atoms with Gasteiger partial charge in [0.1, 0.15) is 6.23 Å². The molecule has 2 heterocycles. The van der Waals surface area contributed by atoms with E-state index >= 15 is 0 Å². The van der Waals surface area contributed by atoms with E-state index in [1.54, 1.807) is 0 Å². The third-order valence-electron chi connectivity index (χ3n) is 5.31. The molecule has 2 aliphatic heterocycles. The summed E-state index contributed by atoms with van der Waals surface area (Å²) in [6.07, 6.45) is 7.43. The van der Waals surface area contributed by atoms with Gasteiger partial charge in [-0.2, -0.15) is 0 Å². The summed E-state index contributed by atoms with van der Waals surface area (Å²) >= 11 is 0. The van der Waals surface area contributed by atoms with Gasteiger partial charge < -0.3 is 15.3 Å². The molecule has 1 aromatic rings. The Hall–Kier alpha value is -1.65. The van der Waals surface area contributed by atoms with Gasteiger partial charge in [0.15, 0.2) is 0 Å². The Labute approximate surface area is 150 Å². The third kappa shape index (κ3) is 4.50. The number of hydrogen-bond acceptors (Lipinski definition) is 4. The first-order valence-electron chi connectivity index (χ1n) is 9.33. The Morgan fingerprint density at radius 1 is 1.40 bits per heavy atom. The van der Waals surface area contributed by atoms with Gasteiger partial charge in [-0.15, -0.1) is 4.67 Å². The average molecular weight is 343 g/mol. The van der Waals surface area contributed by atoms with E-state index in [0.29, 0.717) is 5.92 Å². The van der Waals surface area contributed by atoms with Crippen LogP contribution in [0.3, 0.4) is 0 Å². The number of nitrogens with zero attached hydrogens (tertiary/aromatic N) is 2. The van der Waals surface area contributed by atoms with Crippen molar-refractivity contribution in [1.82, 2.24) is 14.9 Å². The van der Waals surface area contributed by atoms with Gasteiger partial charge in [0, 0.05) is 18.2 Å². The molecule has 4 unspecified atom stereocenters. The van der Waals surface area contributed by atoms with Crippen molar-refractivity contribution in [1.29, 1.82) is 0 Å². The number of para-hydroxylation sites is 1. The van der Waals surface area contributed by atoms with Crippen LogP contribution in [0.2, 0.25) is 0 Å². The van der Waals surface area contributed by atoms with Crippen LogP contribution in [0.4, 0.5) is 5.69 Å². The maximum atomic E-state index is 10.8. The summed E-state index contributed by atoms with van der Waals surface area (Å²) in [7, 11) is 4.18. The van der Waals surface area contributed by atoms with E-state index in [1.807, 2.05) is 12.4 Å². The van der Waals surface area contributed by atoms with Crippen molar-refractivity contribution in [2.24, 2.45) is 5.92 Å². The van der Waals surface area contributed by atoms with E-state index in [0.717, 1.165) is 32.2 Å². The van der Waals surface area contributed by atoms with Gasteiger partial charge in [0.2, 0.25) is 0 Å². The van der Waals surface area contributed by atoms with Crippen molar-refractivity contribution < 1.29 is 5.11 Å². The normalized spacial score (nSPS) is 24.2. The molecule has 5 heteroatoms. The van der Waals surface area contributed by atoms with Crippen LogP contribution in [0, 0.1) is 12.8 Å². The summed E-state index contributed by atoms with van der Waals surface area (Å²) in [6, 6.07) is 6.61. The molecule has 2 aliphatic rings. The van der Waals surface area contributed by atoms with Gasteiger partial charge in [-0.3, -0.25) is 5.32 Å². The molecule has 0 saturated carbocycles. The number of aliphatic hydroxyl groups excluding tert-OH is 1. The summed E-state index contributed by atoms with van der Waals surface area (Å²) < 4.78 is 4.35. The highest BCUT2D eigenvalue weighted by atomic mass is 16.3. The first-order valence-corrected chi connectivity index (χ1v) is 9.33. The Morgan fingerprint density at radius 3 is 2.92 bits per heavy atom. The zero-order chi connectivity index (χ0) is 17.8. The molecule has 0 aliphatic carbocycles. The van der Waals surface area contributed by atoms with Gasteiger partial charge in [0.25, 0.3) is 12.4 Å². The molecule has 136 valence electrons. The fourth-order valence-electron chi connectivity index (χ4n) is 3.82. The number of hydrogen-bond donors (Lipinski definition) is 3. The molecule has 0 bridgehead atoms. The van der Waals surface area contributed by atoms with Crippen molar-refractivity contribution in [2.75, 3.05) is 26.0 Å². The summed E-state index contributed by atoms with van der Waals surface area (Å²) in [4.78, 5) is 2.19. The molecule has 4 atom stereocenters. The quantitative estimate of drug-likeness (QED) is 0.514. The van der Waals surface area contributed by atoms with Crippen LogP contribution in [-0.4, -0.2) is 61.4 Å². The Balaban J connectivity index is 1.65. The molecular weight excluding hydrogens is 312 g/mol. The predicted octanol–water partition coefficient (Wildman–Crippen LogP) is 1.18. The number of aliphatic hydroxyl groups is 1. The number of benzene rings is 1. The zero-order valence-electron chi connectivity index (χ0n) is 15.6. The second kappa shape index (κ2) is 8.15. The zero-order valence-corrected chi connectivity index (χ0v) is 15.6. The van der Waals surface area contributed by atoms with Crippen LogP contribution in [0.5, 0.6) is 0 Å². The fraction of sp³-hybridized carbons (Fsp3) is 0.600. The second-order valence-electron chi connectivity index (χ2n) is 7.60. The minimum Gasteiger partial charge on any atom is -0.378 e. The topological polar surface area (TPSA) is 61.6 Å². The molecule has 0 radical (unpaired) electrons. The van der Waals surface area contributed by atoms with Crippen LogP contribution >= 0.6 is 0 Å². The first kappa shape index (κ1) is 18.2. The standard InChI is InChI=1S/C20H31N4O/c1-14-6-4-7-15-12-18(22-19(14)15)20(25)23-17(9-11-24(2)3)16-8-5-10-21-13-16/h4,6-7,10,13,16-18,20,22-23,25H,5,8-9,11-12H2,1-3H3/q+1. The highest BCUT2D eigenvalue weighted by molar-refractivity contribution is 5.71. The summed E-state index contributed by atoms with van der Waals surface area (Å²) in [6.45, 7) is 3.11. The van der Waals surface area contributed by atoms with Crippen molar-refractivity contribution in [3.63, 3.8) is 0 Å². The summed E-state index contributed by atoms with van der Waals surface area (Å²) in [5.74, 6) is 0.380. The van der Waals surface area contributed by atoms with Crippen molar-refractivity contribution >= 4 is 18.1 Å². The number of anilines is 1. The lowest BCUT2D eigenvalue weighted by Crippen LogP contribution is -2.51. The first-order chi connectivity index (χ1) is 12.0. The number of aryl methyl sites for hydroxylation is 1. The minimum absolute atomic E-state index is 0.0186. The molecule has 3 rings (SSSR count). The molecule has 3 N–H and O–H groups in total. The molecule has 1 aromatic carbocycles. The number of rotatable bonds is 7. The van der Waals surface area contributed by atoms with Crippen LogP contribution in [-0.2, 0) is 6.42 Å². The van der Waals surface area contributed by atoms with Crippen LogP contribution in [0.1, 0.15) is 30.4 Å². The van der Waals surface area contributed by atoms with E-state index in [1.165, 1.54) is 16.8 Å². The van der Waals surface area contributed by atoms with Crippen LogP contribution in [0.25, 0.3) is 0 Å². The van der Waals surface area contributed by atoms with E-state index in [-0.39, 0.29) is 12.1 Å². The van der Waals surface area contributed by atoms with Gasteiger partial charge >= 0.3 is 0 Å². The molecule has 0 aromatic heterocycles. The SMILES string of the molecule is Cc1cccc2c1NC(C(O)NC(CCN(C)C)C1C=[N+]=CCC1)C2. The molecule has 0 spiro atoms. The smallest absolute Gasteiger partial charge is 0.273 e. The monoisotopic (exact) mass is 343 g/mol. The van der Waals surface area contributed by atoms with Gasteiger partial charge in [-0.1, -0.05) is 18.2 Å². The van der Waals surface area contributed by atoms with Gasteiger partial charge in [-0.25, -0.2) is 0 Å². The minimum atomic E-state index is -0.571. The van der Waals surface area contributed by atoms with E-state index in [4.69, 9.17) is 0 Å². The lowest BCUT2D eigenvalue weighted by molar-refractivity contribution is 0.0934. The second-order valence-corrected chi connectivity index (χ2v) is 7.60. The van der Waals surface area contributed by atoms with E-state index in [2.05, 4.69) is 59.4 Å². The molecular formula is C20H31N4O+. The predicted molar refractivity (Wildman–Crippen MR) is 105 cm³/mol. The molecule has 0 fully saturated rings. The van der Waals surface area contributed by atoms with Crippen molar-refractivity contribution in [3.8, 4) is 0 Å². The number of fused-ring (bicyclic) bond motifs is 1. The highest BCUT2D eigenvalue weighted by Gasteiger charge is 2.32. The largest absolute Gasteiger partial charge is 0.378 e. The van der Waals surface area contributed by atoms with Crippen molar-refractivity contribution in [3.05, 3.63) is 29.3 Å². The molecule has 0 saturated heterocycles. The fourth-order valence-corrected chi connectivity index (χ4v) is 3.82. The lowest BCUT2D eigenvalue weighted by atomic mass is 9.91. The third-order valence-corrected chi connectivity index (χ3v) is 5.31. The van der Waals surface area contributed by atoms with Crippen LogP contribution < -0.4 is 15.3 Å². The van der Waals surface area contributed by atoms with E-state index in [9.17, 15) is 5.11 Å². The van der Waals surface area contributed by atoms with Crippen molar-refractivity contribution in [2.45, 2.75) is 50.9 Å². The maximum absolute atomic E-state index is 10.8. The molecule has 0 amide bonds. The van der Waals surface area contributed by atoms with Gasteiger partial charge in [0.05, 0.1) is 12.0 Å². The lowest BCUT2D eigenvalue weighted by Gasteiger charge is -2.30. The van der Waals surface area contributed by atoms with Crippen LogP contribution in [0.15, 0.2) is 18.2 Å². The van der Waals surface area contributed by atoms with E-state index < -0.39 is 6.23 Å². The maximum Gasteiger partial charge on any atom is 0.273 e. The average Bonchev–Trinajstić information content (AvgIpc) is 3.05. The number of nitrogens with one attached hydrogen (secondary N) is 2. The van der Waals surface area contributed by atoms with Gasteiger partial charge in [-0.05, 0) is 58.0 Å². The Morgan fingerprint density at radius 2 is 2.24 bits per heavy atom. The molecule has 25 heavy (non-hydrogen) atoms. The summed E-state index contributed by atoms with van der Waals surface area (Å²) in [5, 5.41) is 17.9. The highest BCUT2D eigenvalue weighted by Crippen LogP contribution is 2.30. The molecule has 5 nitrogen and oxygen atoms in total.